The summed E-state index contributed by atoms with van der Waals surface area (Å²) in [5.41, 5.74) is 1.12. The fourth-order valence-corrected chi connectivity index (χ4v) is 4.53. The topological polar surface area (TPSA) is 87.7 Å². The molecule has 0 heterocycles. The van der Waals surface area contributed by atoms with Gasteiger partial charge in [0.05, 0.1) is 18.7 Å². The first-order valence-electron chi connectivity index (χ1n) is 8.79. The first-order chi connectivity index (χ1) is 13.3. The summed E-state index contributed by atoms with van der Waals surface area (Å²) in [6.45, 7) is 4.19. The molecule has 0 aliphatic heterocycles. The van der Waals surface area contributed by atoms with E-state index in [0.717, 1.165) is 0 Å². The number of carbonyl (C=O) groups is 1. The quantitative estimate of drug-likeness (QED) is 0.642. The van der Waals surface area contributed by atoms with Crippen LogP contribution in [0, 0.1) is 0 Å². The van der Waals surface area contributed by atoms with E-state index in [-0.39, 0.29) is 22.4 Å². The molecule has 0 saturated heterocycles. The van der Waals surface area contributed by atoms with E-state index in [4.69, 9.17) is 16.3 Å². The van der Waals surface area contributed by atoms with E-state index >= 15 is 0 Å². The molecule has 2 aromatic rings. The van der Waals surface area contributed by atoms with Gasteiger partial charge in [0, 0.05) is 24.5 Å². The van der Waals surface area contributed by atoms with Crippen molar-refractivity contribution in [1.82, 2.24) is 4.31 Å². The number of methoxy groups -OCH3 is 1. The Kier molecular flexibility index (Phi) is 7.68. The molecule has 2 aromatic carbocycles. The molecule has 28 heavy (non-hydrogen) atoms. The average molecular weight is 426 g/mol. The average Bonchev–Trinajstić information content (AvgIpc) is 2.68. The molecule has 0 bridgehead atoms. The van der Waals surface area contributed by atoms with Gasteiger partial charge in [0.2, 0.25) is 15.9 Å². The second kappa shape index (κ2) is 9.77. The summed E-state index contributed by atoms with van der Waals surface area (Å²) in [4.78, 5) is 12.1. The van der Waals surface area contributed by atoms with Crippen molar-refractivity contribution in [2.45, 2.75) is 18.7 Å². The lowest BCUT2D eigenvalue weighted by atomic mass is 10.3. The molecule has 0 atom stereocenters. The molecule has 0 aliphatic rings. The van der Waals surface area contributed by atoms with Crippen LogP contribution < -0.4 is 15.4 Å². The van der Waals surface area contributed by atoms with Crippen LogP contribution in [-0.4, -0.2) is 45.4 Å². The molecule has 2 N–H and O–H groups in total. The highest BCUT2D eigenvalue weighted by atomic mass is 35.5. The Morgan fingerprint density at radius 1 is 1.07 bits per heavy atom. The van der Waals surface area contributed by atoms with E-state index in [1.165, 1.54) is 16.4 Å². The third kappa shape index (κ3) is 5.37. The predicted molar refractivity (Wildman–Crippen MR) is 112 cm³/mol. The van der Waals surface area contributed by atoms with Crippen molar-refractivity contribution in [2.75, 3.05) is 37.4 Å². The van der Waals surface area contributed by atoms with E-state index in [2.05, 4.69) is 10.6 Å². The van der Waals surface area contributed by atoms with Gasteiger partial charge in [-0.05, 0) is 42.5 Å². The van der Waals surface area contributed by atoms with E-state index in [1.807, 2.05) is 0 Å². The number of hydrogen-bond donors (Lipinski definition) is 2. The van der Waals surface area contributed by atoms with Crippen LogP contribution in [0.1, 0.15) is 13.8 Å². The van der Waals surface area contributed by atoms with Crippen LogP contribution in [0.4, 0.5) is 11.4 Å². The van der Waals surface area contributed by atoms with Gasteiger partial charge in [-0.15, -0.1) is 0 Å². The number of amides is 1. The molecule has 0 spiro atoms. The van der Waals surface area contributed by atoms with E-state index < -0.39 is 10.0 Å². The smallest absolute Gasteiger partial charge is 0.244 e. The van der Waals surface area contributed by atoms with Crippen LogP contribution >= 0.6 is 11.6 Å². The van der Waals surface area contributed by atoms with Crippen molar-refractivity contribution in [3.63, 3.8) is 0 Å². The van der Waals surface area contributed by atoms with Crippen molar-refractivity contribution in [1.29, 1.82) is 0 Å². The number of nitrogens with one attached hydrogen (secondary N) is 2. The maximum atomic E-state index is 12.7. The third-order valence-corrected chi connectivity index (χ3v) is 6.61. The number of anilines is 2. The second-order valence-corrected chi connectivity index (χ2v) is 8.18. The van der Waals surface area contributed by atoms with Gasteiger partial charge in [0.1, 0.15) is 10.6 Å². The molecule has 7 nitrogen and oxygen atoms in total. The summed E-state index contributed by atoms with van der Waals surface area (Å²) in [6.07, 6.45) is 0. The highest BCUT2D eigenvalue weighted by Gasteiger charge is 2.24. The SMILES string of the molecule is CCN(CC)S(=O)(=O)c1cc(NCC(=O)Nc2ccc(OC)cc2)ccc1Cl. The van der Waals surface area contributed by atoms with Crippen LogP contribution in [0.25, 0.3) is 0 Å². The fraction of sp³-hybridized carbons (Fsp3) is 0.316. The first-order valence-corrected chi connectivity index (χ1v) is 10.6. The lowest BCUT2D eigenvalue weighted by Gasteiger charge is -2.20. The van der Waals surface area contributed by atoms with Crippen molar-refractivity contribution >= 4 is 38.9 Å². The molecule has 0 aromatic heterocycles. The van der Waals surface area contributed by atoms with Gasteiger partial charge in [-0.3, -0.25) is 4.79 Å². The van der Waals surface area contributed by atoms with Crippen molar-refractivity contribution in [3.8, 4) is 5.75 Å². The van der Waals surface area contributed by atoms with Crippen LogP contribution in [0.3, 0.4) is 0 Å². The molecule has 2 rings (SSSR count). The molecular formula is C19H24ClN3O4S. The minimum atomic E-state index is -3.70. The number of sulfonamides is 1. The molecule has 0 unspecified atom stereocenters. The van der Waals surface area contributed by atoms with E-state index in [1.54, 1.807) is 51.3 Å². The highest BCUT2D eigenvalue weighted by Crippen LogP contribution is 2.27. The molecule has 0 saturated carbocycles. The van der Waals surface area contributed by atoms with Crippen LogP contribution in [0.2, 0.25) is 5.02 Å². The Hall–Kier alpha value is -2.29. The molecular weight excluding hydrogens is 402 g/mol. The zero-order valence-electron chi connectivity index (χ0n) is 16.0. The minimum absolute atomic E-state index is 0.0124. The van der Waals surface area contributed by atoms with Gasteiger partial charge in [-0.2, -0.15) is 4.31 Å². The van der Waals surface area contributed by atoms with Gasteiger partial charge in [0.25, 0.3) is 0 Å². The zero-order chi connectivity index (χ0) is 20.7. The standard InChI is InChI=1S/C19H24ClN3O4S/c1-4-23(5-2)28(25,26)18-12-15(8-11-17(18)20)21-13-19(24)22-14-6-9-16(27-3)10-7-14/h6-12,21H,4-5,13H2,1-3H3,(H,22,24). The number of benzene rings is 2. The number of hydrogen-bond acceptors (Lipinski definition) is 5. The van der Waals surface area contributed by atoms with Gasteiger partial charge >= 0.3 is 0 Å². The Morgan fingerprint density at radius 3 is 2.25 bits per heavy atom. The molecule has 9 heteroatoms. The Bertz CT molecular complexity index is 913. The van der Waals surface area contributed by atoms with Crippen LogP contribution in [0.5, 0.6) is 5.75 Å². The molecule has 1 amide bonds. The summed E-state index contributed by atoms with van der Waals surface area (Å²) in [5.74, 6) is 0.424. The molecule has 0 radical (unpaired) electrons. The second-order valence-electron chi connectivity index (χ2n) is 5.86. The predicted octanol–water partition coefficient (Wildman–Crippen LogP) is 3.43. The number of nitrogens with zero attached hydrogens (tertiary/aromatic N) is 1. The summed E-state index contributed by atoms with van der Waals surface area (Å²) < 4.78 is 31.8. The summed E-state index contributed by atoms with van der Waals surface area (Å²) in [5, 5.41) is 5.81. The maximum absolute atomic E-state index is 12.7. The normalized spacial score (nSPS) is 11.3. The number of rotatable bonds is 9. The van der Waals surface area contributed by atoms with Gasteiger partial charge in [0.15, 0.2) is 0 Å². The lowest BCUT2D eigenvalue weighted by Crippen LogP contribution is -2.31. The first kappa shape index (κ1) is 22.0. The summed E-state index contributed by atoms with van der Waals surface area (Å²) in [6, 6.07) is 11.5. The number of halogens is 1. The maximum Gasteiger partial charge on any atom is 0.244 e. The van der Waals surface area contributed by atoms with E-state index in [0.29, 0.717) is 30.2 Å². The highest BCUT2D eigenvalue weighted by molar-refractivity contribution is 7.89. The Labute approximate surface area is 170 Å². The molecule has 152 valence electrons. The third-order valence-electron chi connectivity index (χ3n) is 4.08. The van der Waals surface area contributed by atoms with Crippen molar-refractivity contribution in [3.05, 3.63) is 47.5 Å². The van der Waals surface area contributed by atoms with Crippen molar-refractivity contribution < 1.29 is 17.9 Å². The minimum Gasteiger partial charge on any atom is -0.497 e. The molecule has 0 fully saturated rings. The van der Waals surface area contributed by atoms with Crippen LogP contribution in [-0.2, 0) is 14.8 Å². The Morgan fingerprint density at radius 2 is 1.68 bits per heavy atom. The summed E-state index contributed by atoms with van der Waals surface area (Å²) in [7, 11) is -2.13. The van der Waals surface area contributed by atoms with Gasteiger partial charge in [-0.1, -0.05) is 25.4 Å². The van der Waals surface area contributed by atoms with Gasteiger partial charge < -0.3 is 15.4 Å². The monoisotopic (exact) mass is 425 g/mol. The lowest BCUT2D eigenvalue weighted by molar-refractivity contribution is -0.114. The van der Waals surface area contributed by atoms with Crippen molar-refractivity contribution in [2.24, 2.45) is 0 Å². The molecule has 0 aliphatic carbocycles. The largest absolute Gasteiger partial charge is 0.497 e. The fourth-order valence-electron chi connectivity index (χ4n) is 2.58. The zero-order valence-corrected chi connectivity index (χ0v) is 17.6. The number of carbonyl (C=O) groups excluding carboxylic acids is 1. The summed E-state index contributed by atoms with van der Waals surface area (Å²) >= 11 is 6.11. The van der Waals surface area contributed by atoms with Gasteiger partial charge in [-0.25, -0.2) is 8.42 Å². The van der Waals surface area contributed by atoms with Crippen LogP contribution in [0.15, 0.2) is 47.4 Å². The van der Waals surface area contributed by atoms with E-state index in [9.17, 15) is 13.2 Å². The Balaban J connectivity index is 2.07. The number of ether oxygens (including phenoxy) is 1.